The van der Waals surface area contributed by atoms with Gasteiger partial charge in [-0.3, -0.25) is 4.79 Å². The SMILES string of the molecule is CCCCCCCCO[C@@H]1O[C@H](CO[C@H]2O[C@H](CO)[C@@H](O)[C@H](O)[C@@H]2O)[C@@H](O)[C@H](O[C@H]2O[C@H](CO)[C@@H](O)[C@H](O)[C@@H]2O[C@@H]2O[C@H](CO)[C@@H](O)[C@H](O)[C@H]2NC(C)=O)[C@@H]1O. The van der Waals surface area contributed by atoms with Crippen molar-refractivity contribution in [3.63, 3.8) is 0 Å². The van der Waals surface area contributed by atoms with Crippen LogP contribution in [0.5, 0.6) is 0 Å². The molecule has 0 aromatic carbocycles. The summed E-state index contributed by atoms with van der Waals surface area (Å²) in [4.78, 5) is 12.0. The molecule has 4 heterocycles. The van der Waals surface area contributed by atoms with E-state index in [0.717, 1.165) is 39.0 Å². The number of aliphatic hydroxyl groups is 12. The molecule has 0 aromatic heterocycles. The lowest BCUT2D eigenvalue weighted by Gasteiger charge is -2.49. The summed E-state index contributed by atoms with van der Waals surface area (Å²) in [5, 5.41) is 129. The predicted octanol–water partition coefficient (Wildman–Crippen LogP) is -6.22. The number of nitrogens with one attached hydrogen (secondary N) is 1. The summed E-state index contributed by atoms with van der Waals surface area (Å²) in [6.45, 7) is 0.280. The van der Waals surface area contributed by atoms with Gasteiger partial charge in [-0.25, -0.2) is 0 Å². The first-order valence-electron chi connectivity index (χ1n) is 19.1. The maximum absolute atomic E-state index is 12.0. The zero-order valence-corrected chi connectivity index (χ0v) is 31.4. The molecule has 20 atom stereocenters. The Kier molecular flexibility index (Phi) is 18.9. The van der Waals surface area contributed by atoms with E-state index in [-0.39, 0.29) is 6.61 Å². The van der Waals surface area contributed by atoms with Crippen LogP contribution in [-0.2, 0) is 42.7 Å². The van der Waals surface area contributed by atoms with Crippen molar-refractivity contribution < 1.29 is 104 Å². The van der Waals surface area contributed by atoms with Crippen LogP contribution < -0.4 is 5.32 Å². The standard InChI is InChI=1S/C34H61NO21/c1-3-4-5-6-7-8-9-49-33-28(48)29(23(43)18(54-33)13-50-32-27(47)25(45)21(41)16(11-37)52-32)55-34-30(26(46)22(42)17(12-38)53-34)56-31-19(35-14(2)39)24(44)20(40)15(10-36)51-31/h15-34,36-38,40-48H,3-13H2,1-2H3,(H,35,39)/t15-,16-,17-,18-,19-,20-,21-,22-,23-,24-,25+,26+,27+,28+,29+,30+,31+,32+,33-,34-/m1/s1. The fraction of sp³-hybridized carbons (Fsp3) is 0.971. The van der Waals surface area contributed by atoms with Gasteiger partial charge in [0.1, 0.15) is 97.6 Å². The largest absolute Gasteiger partial charge is 0.394 e. The first-order valence-corrected chi connectivity index (χ1v) is 19.1. The molecule has 4 saturated heterocycles. The van der Waals surface area contributed by atoms with E-state index in [4.69, 9.17) is 37.9 Å². The van der Waals surface area contributed by atoms with Crippen LogP contribution in [0.15, 0.2) is 0 Å². The Morgan fingerprint density at radius 3 is 1.62 bits per heavy atom. The summed E-state index contributed by atoms with van der Waals surface area (Å²) in [6.07, 6.45) is -26.6. The highest BCUT2D eigenvalue weighted by Gasteiger charge is 2.55. The second-order valence-corrected chi connectivity index (χ2v) is 14.5. The van der Waals surface area contributed by atoms with Crippen molar-refractivity contribution in [1.29, 1.82) is 0 Å². The van der Waals surface area contributed by atoms with E-state index in [1.165, 1.54) is 0 Å². The number of hydrogen-bond donors (Lipinski definition) is 13. The maximum Gasteiger partial charge on any atom is 0.217 e. The van der Waals surface area contributed by atoms with E-state index in [2.05, 4.69) is 12.2 Å². The highest BCUT2D eigenvalue weighted by molar-refractivity contribution is 5.73. The molecular weight excluding hydrogens is 758 g/mol. The molecule has 4 rings (SSSR count). The Balaban J connectivity index is 1.58. The minimum absolute atomic E-state index is 0.101. The summed E-state index contributed by atoms with van der Waals surface area (Å²) in [7, 11) is 0. The van der Waals surface area contributed by atoms with E-state index >= 15 is 0 Å². The molecule has 4 fully saturated rings. The van der Waals surface area contributed by atoms with Crippen molar-refractivity contribution in [3.8, 4) is 0 Å². The highest BCUT2D eigenvalue weighted by atomic mass is 16.8. The Bertz CT molecular complexity index is 1160. The van der Waals surface area contributed by atoms with Crippen molar-refractivity contribution in [2.24, 2.45) is 0 Å². The molecule has 0 spiro atoms. The third-order valence-corrected chi connectivity index (χ3v) is 10.4. The molecule has 4 aliphatic rings. The van der Waals surface area contributed by atoms with Gasteiger partial charge in [0.2, 0.25) is 5.91 Å². The first-order chi connectivity index (χ1) is 26.7. The number of amides is 1. The highest BCUT2D eigenvalue weighted by Crippen LogP contribution is 2.34. The van der Waals surface area contributed by atoms with Gasteiger partial charge in [-0.05, 0) is 6.42 Å². The average Bonchev–Trinajstić information content (AvgIpc) is 3.18. The van der Waals surface area contributed by atoms with Gasteiger partial charge in [0.15, 0.2) is 25.2 Å². The van der Waals surface area contributed by atoms with E-state index in [9.17, 15) is 66.1 Å². The van der Waals surface area contributed by atoms with Gasteiger partial charge in [0.25, 0.3) is 0 Å². The minimum Gasteiger partial charge on any atom is -0.394 e. The van der Waals surface area contributed by atoms with Crippen molar-refractivity contribution in [1.82, 2.24) is 5.32 Å². The van der Waals surface area contributed by atoms with Crippen LogP contribution in [0.25, 0.3) is 0 Å². The van der Waals surface area contributed by atoms with Crippen molar-refractivity contribution in [3.05, 3.63) is 0 Å². The van der Waals surface area contributed by atoms with E-state index < -0.39 is 155 Å². The van der Waals surface area contributed by atoms with Gasteiger partial charge in [-0.2, -0.15) is 0 Å². The Morgan fingerprint density at radius 1 is 0.518 bits per heavy atom. The van der Waals surface area contributed by atoms with Crippen LogP contribution in [0.1, 0.15) is 52.4 Å². The summed E-state index contributed by atoms with van der Waals surface area (Å²) in [5.74, 6) is -0.688. The van der Waals surface area contributed by atoms with Crippen molar-refractivity contribution >= 4 is 5.91 Å². The van der Waals surface area contributed by atoms with Gasteiger partial charge in [0.05, 0.1) is 26.4 Å². The second-order valence-electron chi connectivity index (χ2n) is 14.5. The fourth-order valence-corrected chi connectivity index (χ4v) is 7.02. The van der Waals surface area contributed by atoms with Crippen LogP contribution in [0.4, 0.5) is 0 Å². The third kappa shape index (κ3) is 11.5. The van der Waals surface area contributed by atoms with Crippen LogP contribution >= 0.6 is 0 Å². The zero-order chi connectivity index (χ0) is 41.3. The number of carbonyl (C=O) groups excluding carboxylic acids is 1. The van der Waals surface area contributed by atoms with Gasteiger partial charge in [-0.15, -0.1) is 0 Å². The first kappa shape index (κ1) is 47.3. The molecule has 0 aromatic rings. The molecule has 0 bridgehead atoms. The molecule has 0 aliphatic carbocycles. The zero-order valence-electron chi connectivity index (χ0n) is 31.4. The Labute approximate surface area is 323 Å². The smallest absolute Gasteiger partial charge is 0.217 e. The van der Waals surface area contributed by atoms with E-state index in [1.54, 1.807) is 0 Å². The lowest BCUT2D eigenvalue weighted by molar-refractivity contribution is -0.385. The predicted molar refractivity (Wildman–Crippen MR) is 183 cm³/mol. The lowest BCUT2D eigenvalue weighted by atomic mass is 9.95. The number of rotatable bonds is 19. The summed E-state index contributed by atoms with van der Waals surface area (Å²) < 4.78 is 46.1. The Hall–Kier alpha value is -1.33. The van der Waals surface area contributed by atoms with Crippen molar-refractivity contribution in [2.45, 2.75) is 175 Å². The van der Waals surface area contributed by atoms with Crippen LogP contribution in [0.2, 0.25) is 0 Å². The third-order valence-electron chi connectivity index (χ3n) is 10.4. The molecular formula is C34H61NO21. The van der Waals surface area contributed by atoms with Crippen molar-refractivity contribution in [2.75, 3.05) is 33.0 Å². The number of unbranched alkanes of at least 4 members (excludes halogenated alkanes) is 5. The van der Waals surface area contributed by atoms with Gasteiger partial charge >= 0.3 is 0 Å². The summed E-state index contributed by atoms with van der Waals surface area (Å²) in [6, 6.07) is -1.51. The minimum atomic E-state index is -1.96. The molecule has 22 heteroatoms. The summed E-state index contributed by atoms with van der Waals surface area (Å²) in [5.41, 5.74) is 0. The molecule has 22 nitrogen and oxygen atoms in total. The molecule has 56 heavy (non-hydrogen) atoms. The molecule has 0 radical (unpaired) electrons. The van der Waals surface area contributed by atoms with Gasteiger partial charge < -0.3 is 104 Å². The molecule has 328 valence electrons. The summed E-state index contributed by atoms with van der Waals surface area (Å²) >= 11 is 0. The maximum atomic E-state index is 12.0. The quantitative estimate of drug-likeness (QED) is 0.0539. The van der Waals surface area contributed by atoms with Crippen LogP contribution in [0, 0.1) is 0 Å². The van der Waals surface area contributed by atoms with Gasteiger partial charge in [0, 0.05) is 13.5 Å². The second kappa shape index (κ2) is 22.3. The lowest BCUT2D eigenvalue weighted by Crippen LogP contribution is -2.68. The fourth-order valence-electron chi connectivity index (χ4n) is 7.02. The molecule has 4 aliphatic heterocycles. The number of hydrogen-bond acceptors (Lipinski definition) is 21. The van der Waals surface area contributed by atoms with E-state index in [0.29, 0.717) is 6.42 Å². The normalized spacial score (nSPS) is 44.8. The van der Waals surface area contributed by atoms with Crippen LogP contribution in [-0.4, -0.2) is 223 Å². The molecule has 1 amide bonds. The number of carbonyl (C=O) groups is 1. The molecule has 0 saturated carbocycles. The topological polar surface area (TPSA) is 346 Å². The number of aliphatic hydroxyl groups excluding tert-OH is 12. The number of ether oxygens (including phenoxy) is 8. The van der Waals surface area contributed by atoms with Gasteiger partial charge in [-0.1, -0.05) is 39.0 Å². The van der Waals surface area contributed by atoms with E-state index in [1.807, 2.05) is 0 Å². The Morgan fingerprint density at radius 2 is 1.02 bits per heavy atom. The monoisotopic (exact) mass is 819 g/mol. The average molecular weight is 820 g/mol. The van der Waals surface area contributed by atoms with Crippen LogP contribution in [0.3, 0.4) is 0 Å². The molecule has 13 N–H and O–H groups in total. The molecule has 0 unspecified atom stereocenters.